The molecule has 4 heteroatoms. The number of carbonyl (C=O) groups excluding carboxylic acids is 1. The molecular formula is C13H11BrO3. The van der Waals surface area contributed by atoms with Gasteiger partial charge >= 0.3 is 0 Å². The van der Waals surface area contributed by atoms with Gasteiger partial charge in [-0.2, -0.15) is 0 Å². The lowest BCUT2D eigenvalue weighted by atomic mass is 9.95. The van der Waals surface area contributed by atoms with Crippen LogP contribution in [0, 0.1) is 0 Å². The molecule has 0 amide bonds. The first kappa shape index (κ1) is 10.8. The third-order valence-electron chi connectivity index (χ3n) is 3.13. The lowest BCUT2D eigenvalue weighted by Crippen LogP contribution is -2.08. The maximum Gasteiger partial charge on any atom is 0.178 e. The summed E-state index contributed by atoms with van der Waals surface area (Å²) in [6, 6.07) is 3.73. The summed E-state index contributed by atoms with van der Waals surface area (Å²) in [5, 5.41) is 0.851. The number of aryl methyl sites for hydroxylation is 1. The first-order chi connectivity index (χ1) is 8.22. The Morgan fingerprint density at radius 1 is 1.35 bits per heavy atom. The number of hydrogen-bond donors (Lipinski definition) is 0. The molecule has 1 aliphatic carbocycles. The molecule has 0 aliphatic heterocycles. The molecule has 2 aromatic rings. The van der Waals surface area contributed by atoms with Crippen LogP contribution in [0.5, 0.6) is 5.75 Å². The van der Waals surface area contributed by atoms with Gasteiger partial charge in [0.15, 0.2) is 17.1 Å². The van der Waals surface area contributed by atoms with E-state index in [0.29, 0.717) is 17.8 Å². The Morgan fingerprint density at radius 3 is 2.94 bits per heavy atom. The lowest BCUT2D eigenvalue weighted by Gasteiger charge is -2.08. The summed E-state index contributed by atoms with van der Waals surface area (Å²) in [7, 11) is 1.60. The summed E-state index contributed by atoms with van der Waals surface area (Å²) >= 11 is 3.48. The molecule has 0 saturated heterocycles. The van der Waals surface area contributed by atoms with Crippen molar-refractivity contribution < 1.29 is 13.9 Å². The van der Waals surface area contributed by atoms with Crippen molar-refractivity contribution in [3.63, 3.8) is 0 Å². The first-order valence-electron chi connectivity index (χ1n) is 5.53. The minimum Gasteiger partial charge on any atom is -0.493 e. The maximum absolute atomic E-state index is 12.0. The molecule has 0 spiro atoms. The Bertz CT molecular complexity index is 613. The SMILES string of the molecule is COc1ccc(Br)c2c3c(oc12)CCCC3=O. The van der Waals surface area contributed by atoms with Crippen molar-refractivity contribution in [3.8, 4) is 5.75 Å². The van der Waals surface area contributed by atoms with Gasteiger partial charge in [-0.1, -0.05) is 15.9 Å². The van der Waals surface area contributed by atoms with E-state index >= 15 is 0 Å². The summed E-state index contributed by atoms with van der Waals surface area (Å²) in [6.07, 6.45) is 2.29. The highest BCUT2D eigenvalue weighted by atomic mass is 79.9. The Hall–Kier alpha value is -1.29. The van der Waals surface area contributed by atoms with Crippen molar-refractivity contribution in [3.05, 3.63) is 27.9 Å². The molecule has 0 fully saturated rings. The van der Waals surface area contributed by atoms with Gasteiger partial charge in [0.2, 0.25) is 0 Å². The van der Waals surface area contributed by atoms with Crippen molar-refractivity contribution in [2.45, 2.75) is 19.3 Å². The molecule has 0 atom stereocenters. The molecule has 0 bridgehead atoms. The monoisotopic (exact) mass is 294 g/mol. The fourth-order valence-corrected chi connectivity index (χ4v) is 2.86. The first-order valence-corrected chi connectivity index (χ1v) is 6.32. The number of methoxy groups -OCH3 is 1. The largest absolute Gasteiger partial charge is 0.493 e. The molecule has 1 aliphatic rings. The van der Waals surface area contributed by atoms with Gasteiger partial charge in [0.25, 0.3) is 0 Å². The lowest BCUT2D eigenvalue weighted by molar-refractivity contribution is 0.0971. The molecule has 88 valence electrons. The van der Waals surface area contributed by atoms with Gasteiger partial charge in [0.05, 0.1) is 12.7 Å². The Labute approximate surface area is 107 Å². The van der Waals surface area contributed by atoms with Gasteiger partial charge in [-0.15, -0.1) is 0 Å². The van der Waals surface area contributed by atoms with Crippen molar-refractivity contribution >= 4 is 32.7 Å². The fourth-order valence-electron chi connectivity index (χ4n) is 2.35. The van der Waals surface area contributed by atoms with Crippen molar-refractivity contribution in [2.24, 2.45) is 0 Å². The Balaban J connectivity index is 2.42. The van der Waals surface area contributed by atoms with Crippen LogP contribution in [-0.4, -0.2) is 12.9 Å². The number of ketones is 1. The molecule has 0 N–H and O–H groups in total. The summed E-state index contributed by atoms with van der Waals surface area (Å²) in [6.45, 7) is 0. The van der Waals surface area contributed by atoms with E-state index in [0.717, 1.165) is 34.0 Å². The molecule has 0 unspecified atom stereocenters. The quantitative estimate of drug-likeness (QED) is 0.805. The van der Waals surface area contributed by atoms with E-state index in [1.54, 1.807) is 7.11 Å². The van der Waals surface area contributed by atoms with E-state index < -0.39 is 0 Å². The van der Waals surface area contributed by atoms with Crippen LogP contribution in [0.3, 0.4) is 0 Å². The second kappa shape index (κ2) is 3.88. The Morgan fingerprint density at radius 2 is 2.18 bits per heavy atom. The van der Waals surface area contributed by atoms with Crippen LogP contribution >= 0.6 is 15.9 Å². The number of benzene rings is 1. The summed E-state index contributed by atoms with van der Waals surface area (Å²) in [5.74, 6) is 1.63. The third kappa shape index (κ3) is 1.51. The maximum atomic E-state index is 12.0. The van der Waals surface area contributed by atoms with Gasteiger partial charge < -0.3 is 9.15 Å². The van der Waals surface area contributed by atoms with Gasteiger partial charge in [-0.05, 0) is 18.6 Å². The van der Waals surface area contributed by atoms with Crippen LogP contribution in [0.25, 0.3) is 11.0 Å². The van der Waals surface area contributed by atoms with E-state index in [1.165, 1.54) is 0 Å². The Kier molecular flexibility index (Phi) is 2.47. The number of carbonyl (C=O) groups is 1. The van der Waals surface area contributed by atoms with Crippen LogP contribution in [-0.2, 0) is 6.42 Å². The minimum absolute atomic E-state index is 0.166. The van der Waals surface area contributed by atoms with Crippen LogP contribution in [0.2, 0.25) is 0 Å². The average molecular weight is 295 g/mol. The van der Waals surface area contributed by atoms with E-state index in [-0.39, 0.29) is 5.78 Å². The standard InChI is InChI=1S/C13H11BrO3/c1-16-10-6-5-7(14)11-12-8(15)3-2-4-9(12)17-13(10)11/h5-6H,2-4H2,1H3. The van der Waals surface area contributed by atoms with Crippen LogP contribution < -0.4 is 4.74 Å². The van der Waals surface area contributed by atoms with Gasteiger partial charge in [0.1, 0.15) is 5.76 Å². The smallest absolute Gasteiger partial charge is 0.178 e. The van der Waals surface area contributed by atoms with E-state index in [9.17, 15) is 4.79 Å². The second-order valence-corrected chi connectivity index (χ2v) is 4.99. The zero-order chi connectivity index (χ0) is 12.0. The molecule has 17 heavy (non-hydrogen) atoms. The van der Waals surface area contributed by atoms with Crippen LogP contribution in [0.15, 0.2) is 21.0 Å². The predicted octanol–water partition coefficient (Wildman–Crippen LogP) is 3.72. The second-order valence-electron chi connectivity index (χ2n) is 4.13. The van der Waals surface area contributed by atoms with E-state index in [1.807, 2.05) is 12.1 Å². The fraction of sp³-hybridized carbons (Fsp3) is 0.308. The molecule has 0 saturated carbocycles. The molecule has 0 radical (unpaired) electrons. The van der Waals surface area contributed by atoms with Crippen molar-refractivity contribution in [1.82, 2.24) is 0 Å². The highest BCUT2D eigenvalue weighted by molar-refractivity contribution is 9.10. The van der Waals surface area contributed by atoms with Crippen molar-refractivity contribution in [1.29, 1.82) is 0 Å². The molecule has 3 nitrogen and oxygen atoms in total. The molecule has 1 heterocycles. The number of ether oxygens (including phenoxy) is 1. The highest BCUT2D eigenvalue weighted by Gasteiger charge is 2.27. The van der Waals surface area contributed by atoms with E-state index in [4.69, 9.17) is 9.15 Å². The van der Waals surface area contributed by atoms with Gasteiger partial charge in [0, 0.05) is 22.7 Å². The number of Topliss-reactive ketones (excluding diaryl/α,β-unsaturated/α-hetero) is 1. The average Bonchev–Trinajstić information content (AvgIpc) is 2.71. The topological polar surface area (TPSA) is 39.4 Å². The number of hydrogen-bond acceptors (Lipinski definition) is 3. The van der Waals surface area contributed by atoms with Gasteiger partial charge in [-0.25, -0.2) is 0 Å². The van der Waals surface area contributed by atoms with Gasteiger partial charge in [-0.3, -0.25) is 4.79 Å². The molecule has 3 rings (SSSR count). The third-order valence-corrected chi connectivity index (χ3v) is 3.79. The highest BCUT2D eigenvalue weighted by Crippen LogP contribution is 2.40. The zero-order valence-electron chi connectivity index (χ0n) is 9.38. The zero-order valence-corrected chi connectivity index (χ0v) is 11.0. The normalized spacial score (nSPS) is 15.1. The van der Waals surface area contributed by atoms with Crippen LogP contribution in [0.1, 0.15) is 29.0 Å². The molecule has 1 aromatic carbocycles. The summed E-state index contributed by atoms with van der Waals surface area (Å²) in [5.41, 5.74) is 1.40. The molecular weight excluding hydrogens is 284 g/mol. The minimum atomic E-state index is 0.166. The van der Waals surface area contributed by atoms with E-state index in [2.05, 4.69) is 15.9 Å². The number of halogens is 1. The summed E-state index contributed by atoms with van der Waals surface area (Å²) < 4.78 is 11.9. The predicted molar refractivity (Wildman–Crippen MR) is 67.7 cm³/mol. The summed E-state index contributed by atoms with van der Waals surface area (Å²) in [4.78, 5) is 12.0. The van der Waals surface area contributed by atoms with Crippen LogP contribution in [0.4, 0.5) is 0 Å². The number of furan rings is 1. The number of rotatable bonds is 1. The number of fused-ring (bicyclic) bond motifs is 3. The molecule has 1 aromatic heterocycles. The van der Waals surface area contributed by atoms with Crippen molar-refractivity contribution in [2.75, 3.05) is 7.11 Å².